The number of carbonyl (C=O) groups excluding carboxylic acids is 1. The molecule has 0 aliphatic carbocycles. The van der Waals surface area contributed by atoms with Gasteiger partial charge in [0.15, 0.2) is 0 Å². The van der Waals surface area contributed by atoms with E-state index in [9.17, 15) is 4.79 Å². The number of aryl methyl sites for hydroxylation is 1. The first-order valence-electron chi connectivity index (χ1n) is 7.94. The van der Waals surface area contributed by atoms with E-state index in [0.29, 0.717) is 12.2 Å². The molecule has 2 aromatic carbocycles. The van der Waals surface area contributed by atoms with Crippen LogP contribution in [-0.4, -0.2) is 17.6 Å². The van der Waals surface area contributed by atoms with E-state index in [1.807, 2.05) is 19.1 Å². The first-order valence-corrected chi connectivity index (χ1v) is 9.55. The van der Waals surface area contributed by atoms with E-state index in [4.69, 9.17) is 9.72 Å². The van der Waals surface area contributed by atoms with Crippen LogP contribution in [0.4, 0.5) is 5.69 Å². The summed E-state index contributed by atoms with van der Waals surface area (Å²) < 4.78 is 7.47. The van der Waals surface area contributed by atoms with Gasteiger partial charge in [0.2, 0.25) is 0 Å². The fourth-order valence-electron chi connectivity index (χ4n) is 3.63. The molecule has 4 nitrogen and oxygen atoms in total. The molecule has 1 unspecified atom stereocenters. The van der Waals surface area contributed by atoms with Crippen molar-refractivity contribution < 1.29 is 9.53 Å². The van der Waals surface area contributed by atoms with Gasteiger partial charge in [-0.1, -0.05) is 28.1 Å². The number of hydrogen-bond acceptors (Lipinski definition) is 5. The highest BCUT2D eigenvalue weighted by Crippen LogP contribution is 2.47. The number of fused-ring (bicyclic) bond motifs is 3. The summed E-state index contributed by atoms with van der Waals surface area (Å²) in [4.78, 5) is 17.2. The third-order valence-electron chi connectivity index (χ3n) is 4.67. The summed E-state index contributed by atoms with van der Waals surface area (Å²) in [7, 11) is 0. The standard InChI is InChI=1S/C19H13BrN2O2S/c1-9-21-18-14(25-9)7-6-12-16(18)15(10-2-4-11(20)5-3-10)17-13(22-12)8-24-19(17)23/h2-7,15,22H,8H2,1H3. The number of nitrogens with zero attached hydrogens (tertiary/aromatic N) is 1. The van der Waals surface area contributed by atoms with Crippen molar-refractivity contribution in [2.45, 2.75) is 12.8 Å². The molecule has 2 aliphatic rings. The first-order chi connectivity index (χ1) is 12.1. The second kappa shape index (κ2) is 5.41. The molecular formula is C19H13BrN2O2S. The molecule has 0 amide bonds. The van der Waals surface area contributed by atoms with E-state index in [-0.39, 0.29) is 11.9 Å². The topological polar surface area (TPSA) is 51.2 Å². The summed E-state index contributed by atoms with van der Waals surface area (Å²) in [5.41, 5.74) is 5.65. The average molecular weight is 413 g/mol. The summed E-state index contributed by atoms with van der Waals surface area (Å²) in [6.07, 6.45) is 0. The van der Waals surface area contributed by atoms with Crippen LogP contribution in [0.3, 0.4) is 0 Å². The molecule has 6 heteroatoms. The van der Waals surface area contributed by atoms with Crippen molar-refractivity contribution in [1.82, 2.24) is 4.98 Å². The van der Waals surface area contributed by atoms with Crippen LogP contribution in [0.15, 0.2) is 52.1 Å². The number of nitrogens with one attached hydrogen (secondary N) is 1. The Morgan fingerprint density at radius 3 is 2.84 bits per heavy atom. The number of benzene rings is 2. The number of carbonyl (C=O) groups is 1. The Balaban J connectivity index is 1.83. The lowest BCUT2D eigenvalue weighted by Gasteiger charge is -2.27. The maximum absolute atomic E-state index is 12.5. The van der Waals surface area contributed by atoms with Crippen molar-refractivity contribution in [3.63, 3.8) is 0 Å². The molecule has 0 fully saturated rings. The van der Waals surface area contributed by atoms with E-state index in [1.54, 1.807) is 11.3 Å². The maximum Gasteiger partial charge on any atom is 0.337 e. The predicted molar refractivity (Wildman–Crippen MR) is 102 cm³/mol. The van der Waals surface area contributed by atoms with E-state index in [0.717, 1.165) is 42.2 Å². The quantitative estimate of drug-likeness (QED) is 0.586. The van der Waals surface area contributed by atoms with Crippen molar-refractivity contribution in [2.75, 3.05) is 11.9 Å². The van der Waals surface area contributed by atoms with Gasteiger partial charge in [0.1, 0.15) is 6.61 Å². The number of anilines is 1. The molecule has 0 spiro atoms. The second-order valence-corrected chi connectivity index (χ2v) is 8.33. The minimum atomic E-state index is -0.245. The van der Waals surface area contributed by atoms with Crippen molar-refractivity contribution in [2.24, 2.45) is 0 Å². The van der Waals surface area contributed by atoms with E-state index >= 15 is 0 Å². The Labute approximate surface area is 156 Å². The van der Waals surface area contributed by atoms with Gasteiger partial charge in [-0.3, -0.25) is 0 Å². The van der Waals surface area contributed by atoms with Crippen LogP contribution in [0.1, 0.15) is 22.1 Å². The number of cyclic esters (lactones) is 1. The normalized spacial score (nSPS) is 18.8. The molecule has 3 aromatic rings. The van der Waals surface area contributed by atoms with Crippen LogP contribution in [-0.2, 0) is 9.53 Å². The molecule has 0 bridgehead atoms. The molecule has 0 saturated carbocycles. The minimum Gasteiger partial charge on any atom is -0.456 e. The van der Waals surface area contributed by atoms with Crippen LogP contribution in [0.5, 0.6) is 0 Å². The second-order valence-electron chi connectivity index (χ2n) is 6.18. The number of rotatable bonds is 1. The number of ether oxygens (including phenoxy) is 1. The smallest absolute Gasteiger partial charge is 0.337 e. The SMILES string of the molecule is Cc1nc2c3c(ccc2s1)NC1=C(C(=O)OC1)C3c1ccc(Br)cc1. The number of halogens is 1. The molecule has 1 aromatic heterocycles. The van der Waals surface area contributed by atoms with Gasteiger partial charge < -0.3 is 10.1 Å². The molecule has 124 valence electrons. The van der Waals surface area contributed by atoms with Gasteiger partial charge >= 0.3 is 5.97 Å². The van der Waals surface area contributed by atoms with Crippen molar-refractivity contribution in [3.8, 4) is 0 Å². The highest BCUT2D eigenvalue weighted by molar-refractivity contribution is 9.10. The highest BCUT2D eigenvalue weighted by Gasteiger charge is 2.39. The Morgan fingerprint density at radius 1 is 1.24 bits per heavy atom. The molecule has 2 aliphatic heterocycles. The zero-order valence-corrected chi connectivity index (χ0v) is 15.7. The fraction of sp³-hybridized carbons (Fsp3) is 0.158. The predicted octanol–water partition coefficient (Wildman–Crippen LogP) is 4.74. The van der Waals surface area contributed by atoms with E-state index < -0.39 is 0 Å². The summed E-state index contributed by atoms with van der Waals surface area (Å²) >= 11 is 5.16. The summed E-state index contributed by atoms with van der Waals surface area (Å²) in [6.45, 7) is 2.31. The minimum absolute atomic E-state index is 0.167. The first kappa shape index (κ1) is 15.1. The number of hydrogen-bond donors (Lipinski definition) is 1. The van der Waals surface area contributed by atoms with Gasteiger partial charge in [-0.15, -0.1) is 11.3 Å². The van der Waals surface area contributed by atoms with Gasteiger partial charge in [-0.25, -0.2) is 9.78 Å². The molecule has 25 heavy (non-hydrogen) atoms. The molecule has 5 rings (SSSR count). The molecule has 3 heterocycles. The van der Waals surface area contributed by atoms with Gasteiger partial charge in [-0.2, -0.15) is 0 Å². The van der Waals surface area contributed by atoms with Gasteiger partial charge in [0.05, 0.1) is 26.5 Å². The lowest BCUT2D eigenvalue weighted by molar-refractivity contribution is -0.136. The lowest BCUT2D eigenvalue weighted by atomic mass is 9.81. The van der Waals surface area contributed by atoms with Gasteiger partial charge in [0.25, 0.3) is 0 Å². The van der Waals surface area contributed by atoms with Crippen molar-refractivity contribution in [1.29, 1.82) is 0 Å². The Kier molecular flexibility index (Phi) is 3.27. The molecule has 0 radical (unpaired) electrons. The Bertz CT molecular complexity index is 1070. The number of esters is 1. The Hall–Kier alpha value is -2.18. The van der Waals surface area contributed by atoms with E-state index in [2.05, 4.69) is 45.5 Å². The maximum atomic E-state index is 12.5. The Morgan fingerprint density at radius 2 is 2.04 bits per heavy atom. The lowest BCUT2D eigenvalue weighted by Crippen LogP contribution is -2.20. The van der Waals surface area contributed by atoms with Crippen LogP contribution in [0.2, 0.25) is 0 Å². The highest BCUT2D eigenvalue weighted by atomic mass is 79.9. The van der Waals surface area contributed by atoms with Gasteiger partial charge in [-0.05, 0) is 36.8 Å². The average Bonchev–Trinajstić information content (AvgIpc) is 3.16. The van der Waals surface area contributed by atoms with Crippen LogP contribution in [0.25, 0.3) is 10.2 Å². The third-order valence-corrected chi connectivity index (χ3v) is 6.13. The molecule has 1 atom stereocenters. The zero-order valence-electron chi connectivity index (χ0n) is 13.3. The van der Waals surface area contributed by atoms with Gasteiger partial charge in [0, 0.05) is 21.6 Å². The molecule has 1 N–H and O–H groups in total. The molecular weight excluding hydrogens is 400 g/mol. The summed E-state index contributed by atoms with van der Waals surface area (Å²) in [5, 5.41) is 4.41. The van der Waals surface area contributed by atoms with Crippen LogP contribution < -0.4 is 5.32 Å². The number of aromatic nitrogens is 1. The van der Waals surface area contributed by atoms with Crippen LogP contribution >= 0.6 is 27.3 Å². The molecule has 0 saturated heterocycles. The number of thiazole rings is 1. The summed E-state index contributed by atoms with van der Waals surface area (Å²) in [5.74, 6) is -0.412. The monoisotopic (exact) mass is 412 g/mol. The summed E-state index contributed by atoms with van der Waals surface area (Å²) in [6, 6.07) is 12.3. The zero-order chi connectivity index (χ0) is 17.1. The van der Waals surface area contributed by atoms with E-state index in [1.165, 1.54) is 0 Å². The third kappa shape index (κ3) is 2.24. The largest absolute Gasteiger partial charge is 0.456 e. The fourth-order valence-corrected chi connectivity index (χ4v) is 4.74. The van der Waals surface area contributed by atoms with Crippen molar-refractivity contribution >= 4 is 49.1 Å². The van der Waals surface area contributed by atoms with Crippen LogP contribution in [0, 0.1) is 6.92 Å². The van der Waals surface area contributed by atoms with Crippen molar-refractivity contribution in [3.05, 3.63) is 68.3 Å².